The fourth-order valence-electron chi connectivity index (χ4n) is 6.57. The molecule has 2 atom stereocenters. The molecule has 0 amide bonds. The van der Waals surface area contributed by atoms with Crippen LogP contribution in [-0.4, -0.2) is 87.4 Å². The molecule has 0 saturated carbocycles. The average Bonchev–Trinajstić information content (AvgIpc) is 3.28. The summed E-state index contributed by atoms with van der Waals surface area (Å²) < 4.78 is 22.7. The monoisotopic (exact) mass is 923 g/mol. The van der Waals surface area contributed by atoms with E-state index in [0.717, 1.165) is 109 Å². The summed E-state index contributed by atoms with van der Waals surface area (Å²) >= 11 is 0. The first-order valence-corrected chi connectivity index (χ1v) is 25.9. The Balaban J connectivity index is 4.31. The molecule has 0 rings (SSSR count). The lowest BCUT2D eigenvalue weighted by Crippen LogP contribution is -2.40. The molecule has 0 radical (unpaired) electrons. The molecule has 376 valence electrons. The Labute approximate surface area is 403 Å². The summed E-state index contributed by atoms with van der Waals surface area (Å²) in [6.45, 7) is 4.69. The molecule has 66 heavy (non-hydrogen) atoms. The van der Waals surface area contributed by atoms with Crippen molar-refractivity contribution in [3.8, 4) is 0 Å². The standard InChI is InChI=1S/C57H95NO8/c1-6-8-10-12-14-16-18-20-21-22-23-24-25-26-27-28-29-30-31-32-33-34-35-36-38-40-42-44-46-48-55(60)66-53(52-65-57(56(61)62)63-50-49-58(3,4)5)51-64-54(59)47-45-43-41-39-37-19-17-15-13-11-9-7-2/h8,10,14-17,20-21,23-24,26-27,29-30,32-33,53,57H,6-7,9,11-13,18-19,22,25,28,31,34-52H2,1-5H3/p+1/b10-8-,16-14-,17-15-,21-20-,24-23-,27-26-,30-29-,33-32-. The van der Waals surface area contributed by atoms with E-state index in [2.05, 4.69) is 111 Å². The van der Waals surface area contributed by atoms with Crippen molar-refractivity contribution in [3.63, 3.8) is 0 Å². The normalized spacial score (nSPS) is 13.7. The van der Waals surface area contributed by atoms with Crippen molar-refractivity contribution in [3.05, 3.63) is 97.2 Å². The first-order valence-electron chi connectivity index (χ1n) is 25.9. The fraction of sp³-hybridized carbons (Fsp3) is 0.667. The molecule has 0 aliphatic heterocycles. The van der Waals surface area contributed by atoms with E-state index in [1.807, 2.05) is 21.1 Å². The molecule has 0 aromatic carbocycles. The van der Waals surface area contributed by atoms with Crippen molar-refractivity contribution < 1.29 is 42.9 Å². The third kappa shape index (κ3) is 48.2. The maximum atomic E-state index is 12.8. The Bertz CT molecular complexity index is 1400. The zero-order chi connectivity index (χ0) is 48.4. The second kappa shape index (κ2) is 47.7. The molecule has 0 aromatic rings. The molecule has 0 saturated heterocycles. The molecule has 1 N–H and O–H groups in total. The third-order valence-electron chi connectivity index (χ3n) is 10.6. The minimum Gasteiger partial charge on any atom is -0.477 e. The molecule has 2 unspecified atom stereocenters. The molecular formula is C57H96NO8+. The molecule has 0 aliphatic carbocycles. The molecule has 9 heteroatoms. The topological polar surface area (TPSA) is 108 Å². The Morgan fingerprint density at radius 1 is 0.470 bits per heavy atom. The number of hydrogen-bond acceptors (Lipinski definition) is 7. The summed E-state index contributed by atoms with van der Waals surface area (Å²) in [6, 6.07) is 0. The Morgan fingerprint density at radius 3 is 1.30 bits per heavy atom. The lowest BCUT2D eigenvalue weighted by atomic mass is 10.1. The number of rotatable bonds is 46. The predicted molar refractivity (Wildman–Crippen MR) is 276 cm³/mol. The molecule has 0 spiro atoms. The smallest absolute Gasteiger partial charge is 0.361 e. The lowest BCUT2D eigenvalue weighted by Gasteiger charge is -2.25. The van der Waals surface area contributed by atoms with E-state index < -0.39 is 24.3 Å². The molecule has 0 aliphatic rings. The number of esters is 2. The summed E-state index contributed by atoms with van der Waals surface area (Å²) in [5.74, 6) is -2.05. The summed E-state index contributed by atoms with van der Waals surface area (Å²) in [6.07, 6.45) is 60.5. The van der Waals surface area contributed by atoms with Gasteiger partial charge in [-0.15, -0.1) is 0 Å². The highest BCUT2D eigenvalue weighted by Crippen LogP contribution is 2.13. The number of unbranched alkanes of at least 4 members (excludes halogenated alkanes) is 15. The number of carboxylic acids is 1. The summed E-state index contributed by atoms with van der Waals surface area (Å²) in [5, 5.41) is 9.66. The van der Waals surface area contributed by atoms with E-state index in [4.69, 9.17) is 18.9 Å². The summed E-state index contributed by atoms with van der Waals surface area (Å²) in [5.41, 5.74) is 0. The van der Waals surface area contributed by atoms with Crippen LogP contribution < -0.4 is 0 Å². The van der Waals surface area contributed by atoms with Gasteiger partial charge in [0.15, 0.2) is 6.10 Å². The van der Waals surface area contributed by atoms with Crippen molar-refractivity contribution in [2.45, 2.75) is 200 Å². The first kappa shape index (κ1) is 62.2. The van der Waals surface area contributed by atoms with Gasteiger partial charge in [0.1, 0.15) is 13.2 Å². The number of carbonyl (C=O) groups is 3. The highest BCUT2D eigenvalue weighted by Gasteiger charge is 2.25. The number of ether oxygens (including phenoxy) is 4. The second-order valence-electron chi connectivity index (χ2n) is 18.1. The zero-order valence-electron chi connectivity index (χ0n) is 42.6. The van der Waals surface area contributed by atoms with Crippen LogP contribution >= 0.6 is 0 Å². The Kier molecular flexibility index (Phi) is 45.0. The van der Waals surface area contributed by atoms with Crippen molar-refractivity contribution >= 4 is 17.9 Å². The predicted octanol–water partition coefficient (Wildman–Crippen LogP) is 14.6. The van der Waals surface area contributed by atoms with E-state index in [1.54, 1.807) is 0 Å². The van der Waals surface area contributed by atoms with Crippen molar-refractivity contribution in [1.29, 1.82) is 0 Å². The summed E-state index contributed by atoms with van der Waals surface area (Å²) in [4.78, 5) is 37.2. The first-order chi connectivity index (χ1) is 32.1. The number of quaternary nitrogens is 1. The van der Waals surface area contributed by atoms with Gasteiger partial charge in [0, 0.05) is 12.8 Å². The van der Waals surface area contributed by atoms with Crippen LogP contribution in [0.5, 0.6) is 0 Å². The molecule has 0 fully saturated rings. The van der Waals surface area contributed by atoms with Crippen LogP contribution in [0.15, 0.2) is 97.2 Å². The third-order valence-corrected chi connectivity index (χ3v) is 10.6. The molecule has 0 heterocycles. The van der Waals surface area contributed by atoms with Crippen LogP contribution in [-0.2, 0) is 33.3 Å². The van der Waals surface area contributed by atoms with Gasteiger partial charge in [0.05, 0.1) is 34.4 Å². The number of nitrogens with zero attached hydrogens (tertiary/aromatic N) is 1. The van der Waals surface area contributed by atoms with Crippen molar-refractivity contribution in [1.82, 2.24) is 0 Å². The number of aliphatic carboxylic acids is 1. The maximum absolute atomic E-state index is 12.8. The Hall–Kier alpha value is -3.79. The van der Waals surface area contributed by atoms with Gasteiger partial charge in [-0.05, 0) is 96.3 Å². The van der Waals surface area contributed by atoms with Gasteiger partial charge in [-0.1, -0.05) is 175 Å². The zero-order valence-corrected chi connectivity index (χ0v) is 42.6. The van der Waals surface area contributed by atoms with Gasteiger partial charge < -0.3 is 28.5 Å². The number of carboxylic acid groups (broad SMARTS) is 1. The van der Waals surface area contributed by atoms with Gasteiger partial charge in [-0.3, -0.25) is 9.59 Å². The Morgan fingerprint density at radius 2 is 0.864 bits per heavy atom. The van der Waals surface area contributed by atoms with Gasteiger partial charge >= 0.3 is 17.9 Å². The number of likely N-dealkylation sites (N-methyl/N-ethyl adjacent to an activating group) is 1. The van der Waals surface area contributed by atoms with E-state index in [-0.39, 0.29) is 38.6 Å². The largest absolute Gasteiger partial charge is 0.477 e. The SMILES string of the molecule is CC/C=C\C/C=C\C/C=C\C/C=C\C/C=C\C/C=C\C/C=C\CCCCCCCCCC(=O)OC(COC(=O)CCCCCCC/C=C\CCCCC)COC(OCC[N+](C)(C)C)C(=O)O. The van der Waals surface area contributed by atoms with E-state index in [9.17, 15) is 19.5 Å². The van der Waals surface area contributed by atoms with Crippen LogP contribution in [0.4, 0.5) is 0 Å². The van der Waals surface area contributed by atoms with E-state index in [1.165, 1.54) is 44.9 Å². The molecule has 9 nitrogen and oxygen atoms in total. The average molecular weight is 923 g/mol. The van der Waals surface area contributed by atoms with Crippen molar-refractivity contribution in [2.24, 2.45) is 0 Å². The van der Waals surface area contributed by atoms with Crippen LogP contribution in [0.1, 0.15) is 187 Å². The van der Waals surface area contributed by atoms with Crippen LogP contribution in [0.3, 0.4) is 0 Å². The van der Waals surface area contributed by atoms with E-state index in [0.29, 0.717) is 17.4 Å². The molecule has 0 bridgehead atoms. The maximum Gasteiger partial charge on any atom is 0.361 e. The van der Waals surface area contributed by atoms with Crippen LogP contribution in [0.25, 0.3) is 0 Å². The minimum atomic E-state index is -1.52. The van der Waals surface area contributed by atoms with Crippen LogP contribution in [0, 0.1) is 0 Å². The van der Waals surface area contributed by atoms with Gasteiger partial charge in [0.25, 0.3) is 6.29 Å². The van der Waals surface area contributed by atoms with Gasteiger partial charge in [-0.2, -0.15) is 0 Å². The quantitative estimate of drug-likeness (QED) is 0.0211. The molecular weight excluding hydrogens is 827 g/mol. The van der Waals surface area contributed by atoms with Gasteiger partial charge in [-0.25, -0.2) is 4.79 Å². The van der Waals surface area contributed by atoms with Crippen molar-refractivity contribution in [2.75, 3.05) is 47.5 Å². The summed E-state index contributed by atoms with van der Waals surface area (Å²) in [7, 11) is 5.94. The van der Waals surface area contributed by atoms with Crippen LogP contribution in [0.2, 0.25) is 0 Å². The number of hydrogen-bond donors (Lipinski definition) is 1. The molecule has 0 aromatic heterocycles. The van der Waals surface area contributed by atoms with Gasteiger partial charge in [0.2, 0.25) is 0 Å². The fourth-order valence-corrected chi connectivity index (χ4v) is 6.57. The lowest BCUT2D eigenvalue weighted by molar-refractivity contribution is -0.870. The highest BCUT2D eigenvalue weighted by atomic mass is 16.7. The number of carbonyl (C=O) groups excluding carboxylic acids is 2. The highest BCUT2D eigenvalue weighted by molar-refractivity contribution is 5.71. The second-order valence-corrected chi connectivity index (χ2v) is 18.1. The number of allylic oxidation sites excluding steroid dienone is 16. The van der Waals surface area contributed by atoms with E-state index >= 15 is 0 Å². The minimum absolute atomic E-state index is 0.179.